The van der Waals surface area contributed by atoms with Crippen LogP contribution in [0.3, 0.4) is 0 Å². The second-order valence-electron chi connectivity index (χ2n) is 2.58. The first kappa shape index (κ1) is 5.86. The van der Waals surface area contributed by atoms with Gasteiger partial charge in [0.1, 0.15) is 6.10 Å². The standard InChI is InChI=1S/C8H8NO/c10-7-4-3-6-2-1-5-9-8(6)7/h1-2,5,7H,3-4H2. The summed E-state index contributed by atoms with van der Waals surface area (Å²) in [6.07, 6.45) is 2.77. The Bertz CT molecular complexity index is 247. The van der Waals surface area contributed by atoms with E-state index >= 15 is 0 Å². The summed E-state index contributed by atoms with van der Waals surface area (Å²) >= 11 is 0. The van der Waals surface area contributed by atoms with Crippen LogP contribution < -0.4 is 0 Å². The molecule has 1 aliphatic carbocycles. The number of aryl methyl sites for hydroxylation is 1. The molecular formula is C8H8NO. The van der Waals surface area contributed by atoms with E-state index in [1.54, 1.807) is 6.20 Å². The van der Waals surface area contributed by atoms with Crippen LogP contribution in [0.15, 0.2) is 18.3 Å². The van der Waals surface area contributed by atoms with Crippen molar-refractivity contribution in [2.45, 2.75) is 18.9 Å². The van der Waals surface area contributed by atoms with E-state index in [-0.39, 0.29) is 0 Å². The molecule has 2 rings (SSSR count). The topological polar surface area (TPSA) is 32.8 Å². The molecule has 2 nitrogen and oxygen atoms in total. The van der Waals surface area contributed by atoms with Gasteiger partial charge in [0.2, 0.25) is 0 Å². The van der Waals surface area contributed by atoms with Gasteiger partial charge in [-0.2, -0.15) is 0 Å². The molecule has 0 bridgehead atoms. The van der Waals surface area contributed by atoms with Crippen LogP contribution >= 0.6 is 0 Å². The van der Waals surface area contributed by atoms with Gasteiger partial charge in [0, 0.05) is 6.20 Å². The predicted octanol–water partition coefficient (Wildman–Crippen LogP) is 1.50. The Balaban J connectivity index is 2.51. The molecule has 0 aliphatic heterocycles. The number of nitrogens with zero attached hydrogens (tertiary/aromatic N) is 1. The Morgan fingerprint density at radius 1 is 1.60 bits per heavy atom. The second kappa shape index (κ2) is 2.06. The summed E-state index contributed by atoms with van der Waals surface area (Å²) in [5, 5.41) is 11.1. The van der Waals surface area contributed by atoms with Crippen molar-refractivity contribution in [3.63, 3.8) is 0 Å². The third-order valence-corrected chi connectivity index (χ3v) is 1.91. The van der Waals surface area contributed by atoms with Crippen molar-refractivity contribution in [2.24, 2.45) is 0 Å². The Hall–Kier alpha value is -0.890. The maximum atomic E-state index is 11.1. The van der Waals surface area contributed by atoms with E-state index in [4.69, 9.17) is 0 Å². The van der Waals surface area contributed by atoms with Gasteiger partial charge in [-0.15, -0.1) is 0 Å². The number of aromatic nitrogens is 1. The summed E-state index contributed by atoms with van der Waals surface area (Å²) in [7, 11) is 0. The molecule has 1 aliphatic rings. The lowest BCUT2D eigenvalue weighted by atomic mass is 10.2. The van der Waals surface area contributed by atoms with E-state index in [9.17, 15) is 5.11 Å². The van der Waals surface area contributed by atoms with Gasteiger partial charge in [-0.1, -0.05) is 6.07 Å². The molecule has 0 saturated heterocycles. The lowest BCUT2D eigenvalue weighted by molar-refractivity contribution is 0.0875. The molecule has 1 aromatic heterocycles. The second-order valence-corrected chi connectivity index (χ2v) is 2.58. The molecule has 0 spiro atoms. The van der Waals surface area contributed by atoms with E-state index in [1.807, 2.05) is 12.1 Å². The maximum Gasteiger partial charge on any atom is 0.135 e. The largest absolute Gasteiger partial charge is 0.258 e. The summed E-state index contributed by atoms with van der Waals surface area (Å²) in [6, 6.07) is 3.87. The van der Waals surface area contributed by atoms with E-state index in [0.717, 1.165) is 24.1 Å². The minimum absolute atomic E-state index is 0.559. The molecule has 0 saturated carbocycles. The molecule has 1 aromatic rings. The Labute approximate surface area is 59.5 Å². The summed E-state index contributed by atoms with van der Waals surface area (Å²) in [5.41, 5.74) is 1.91. The molecule has 0 N–H and O–H groups in total. The predicted molar refractivity (Wildman–Crippen MR) is 36.0 cm³/mol. The summed E-state index contributed by atoms with van der Waals surface area (Å²) in [6.45, 7) is 0. The highest BCUT2D eigenvalue weighted by atomic mass is 16.3. The molecule has 1 heterocycles. The third kappa shape index (κ3) is 0.727. The SMILES string of the molecule is [O]C1CCc2cccnc21. The third-order valence-electron chi connectivity index (χ3n) is 1.91. The first-order valence-electron chi connectivity index (χ1n) is 3.47. The molecule has 2 heteroatoms. The molecule has 1 radical (unpaired) electrons. The van der Waals surface area contributed by atoms with Crippen molar-refractivity contribution in [2.75, 3.05) is 0 Å². The Kier molecular flexibility index (Phi) is 1.21. The summed E-state index contributed by atoms with van der Waals surface area (Å²) in [4.78, 5) is 4.03. The van der Waals surface area contributed by atoms with Crippen LogP contribution in [0.25, 0.3) is 0 Å². The van der Waals surface area contributed by atoms with Crippen LogP contribution in [0.4, 0.5) is 0 Å². The lowest BCUT2D eigenvalue weighted by Crippen LogP contribution is -1.91. The fourth-order valence-electron chi connectivity index (χ4n) is 1.38. The van der Waals surface area contributed by atoms with Crippen molar-refractivity contribution in [3.05, 3.63) is 29.6 Å². The first-order valence-corrected chi connectivity index (χ1v) is 3.47. The van der Waals surface area contributed by atoms with Gasteiger partial charge in [-0.05, 0) is 24.5 Å². The molecule has 0 amide bonds. The van der Waals surface area contributed by atoms with E-state index in [2.05, 4.69) is 4.98 Å². The van der Waals surface area contributed by atoms with Crippen LogP contribution in [0.1, 0.15) is 23.8 Å². The van der Waals surface area contributed by atoms with Gasteiger partial charge < -0.3 is 0 Å². The van der Waals surface area contributed by atoms with Gasteiger partial charge in [-0.25, -0.2) is 5.11 Å². The summed E-state index contributed by atoms with van der Waals surface area (Å²) in [5.74, 6) is 0. The van der Waals surface area contributed by atoms with Crippen molar-refractivity contribution >= 4 is 0 Å². The molecule has 0 fully saturated rings. The van der Waals surface area contributed by atoms with E-state index < -0.39 is 6.10 Å². The number of rotatable bonds is 0. The monoisotopic (exact) mass is 134 g/mol. The van der Waals surface area contributed by atoms with Gasteiger partial charge in [0.05, 0.1) is 5.69 Å². The van der Waals surface area contributed by atoms with Crippen LogP contribution in [0.5, 0.6) is 0 Å². The lowest BCUT2D eigenvalue weighted by Gasteiger charge is -1.96. The molecule has 1 unspecified atom stereocenters. The molecule has 10 heavy (non-hydrogen) atoms. The van der Waals surface area contributed by atoms with Crippen molar-refractivity contribution in [1.29, 1.82) is 0 Å². The van der Waals surface area contributed by atoms with Crippen LogP contribution in [0, 0.1) is 0 Å². The quantitative estimate of drug-likeness (QED) is 0.529. The zero-order valence-electron chi connectivity index (χ0n) is 5.58. The zero-order valence-corrected chi connectivity index (χ0v) is 5.58. The number of hydrogen-bond donors (Lipinski definition) is 0. The van der Waals surface area contributed by atoms with Gasteiger partial charge in [0.25, 0.3) is 0 Å². The highest BCUT2D eigenvalue weighted by Crippen LogP contribution is 2.28. The van der Waals surface area contributed by atoms with Crippen molar-refractivity contribution in [1.82, 2.24) is 4.98 Å². The van der Waals surface area contributed by atoms with Crippen LogP contribution in [-0.2, 0) is 11.5 Å². The fraction of sp³-hybridized carbons (Fsp3) is 0.375. The minimum atomic E-state index is -0.559. The highest BCUT2D eigenvalue weighted by molar-refractivity contribution is 5.26. The molecule has 51 valence electrons. The zero-order chi connectivity index (χ0) is 6.97. The maximum absolute atomic E-state index is 11.1. The molecular weight excluding hydrogens is 126 g/mol. The van der Waals surface area contributed by atoms with Gasteiger partial charge in [0.15, 0.2) is 0 Å². The van der Waals surface area contributed by atoms with Crippen molar-refractivity contribution < 1.29 is 5.11 Å². The van der Waals surface area contributed by atoms with E-state index in [1.165, 1.54) is 0 Å². The van der Waals surface area contributed by atoms with Crippen molar-refractivity contribution in [3.8, 4) is 0 Å². The van der Waals surface area contributed by atoms with Crippen LogP contribution in [0.2, 0.25) is 0 Å². The van der Waals surface area contributed by atoms with Gasteiger partial charge >= 0.3 is 0 Å². The van der Waals surface area contributed by atoms with Crippen LogP contribution in [-0.4, -0.2) is 4.98 Å². The smallest absolute Gasteiger partial charge is 0.135 e. The fourth-order valence-corrected chi connectivity index (χ4v) is 1.38. The number of fused-ring (bicyclic) bond motifs is 1. The average molecular weight is 134 g/mol. The summed E-state index contributed by atoms with van der Waals surface area (Å²) < 4.78 is 0. The molecule has 0 aromatic carbocycles. The minimum Gasteiger partial charge on any atom is -0.258 e. The van der Waals surface area contributed by atoms with Gasteiger partial charge in [-0.3, -0.25) is 4.98 Å². The number of hydrogen-bond acceptors (Lipinski definition) is 1. The molecule has 1 atom stereocenters. The normalized spacial score (nSPS) is 22.7. The highest BCUT2D eigenvalue weighted by Gasteiger charge is 2.21. The van der Waals surface area contributed by atoms with E-state index in [0.29, 0.717) is 0 Å². The average Bonchev–Trinajstić information content (AvgIpc) is 2.34. The number of pyridine rings is 1. The Morgan fingerprint density at radius 3 is 3.30 bits per heavy atom. The first-order chi connectivity index (χ1) is 4.88. The Morgan fingerprint density at radius 2 is 2.50 bits per heavy atom.